The highest BCUT2D eigenvalue weighted by Gasteiger charge is 2.36. The predicted molar refractivity (Wildman–Crippen MR) is 112 cm³/mol. The van der Waals surface area contributed by atoms with Crippen LogP contribution in [0, 0.1) is 11.7 Å². The van der Waals surface area contributed by atoms with Crippen molar-refractivity contribution < 1.29 is 22.3 Å². The van der Waals surface area contributed by atoms with E-state index in [1.807, 2.05) is 0 Å². The number of nitrogens with two attached hydrogens (primary N) is 1. The standard InChI is InChI=1S/C20H20ClFN4O4S/c1-29-12-9-13(17(22)14(21)10-12)20-24-19(18(30-2)11-7-8-11)25-26(20)15-5-3-4-6-16(15)31(23,27)28/h3-6,9-11,18H,7-8H2,1-2H3,(H2,23,27,28). The van der Waals surface area contributed by atoms with E-state index in [1.54, 1.807) is 13.2 Å². The normalized spacial score (nSPS) is 15.1. The Hall–Kier alpha value is -2.53. The minimum Gasteiger partial charge on any atom is -0.497 e. The molecule has 1 aromatic heterocycles. The number of rotatable bonds is 7. The summed E-state index contributed by atoms with van der Waals surface area (Å²) in [6, 6.07) is 8.77. The van der Waals surface area contributed by atoms with Gasteiger partial charge in [0.1, 0.15) is 16.7 Å². The van der Waals surface area contributed by atoms with Gasteiger partial charge in [0, 0.05) is 13.2 Å². The maximum absolute atomic E-state index is 15.1. The molecule has 1 unspecified atom stereocenters. The van der Waals surface area contributed by atoms with Crippen LogP contribution in [0.3, 0.4) is 0 Å². The average molecular weight is 467 g/mol. The third-order valence-electron chi connectivity index (χ3n) is 5.06. The summed E-state index contributed by atoms with van der Waals surface area (Å²) in [5.74, 6) is 0.162. The van der Waals surface area contributed by atoms with Gasteiger partial charge in [-0.05, 0) is 37.0 Å². The van der Waals surface area contributed by atoms with E-state index in [4.69, 9.17) is 26.2 Å². The number of halogens is 2. The number of hydrogen-bond acceptors (Lipinski definition) is 6. The molecule has 2 N–H and O–H groups in total. The first-order chi connectivity index (χ1) is 14.7. The van der Waals surface area contributed by atoms with Gasteiger partial charge in [-0.3, -0.25) is 0 Å². The lowest BCUT2D eigenvalue weighted by Gasteiger charge is -2.12. The Morgan fingerprint density at radius 1 is 1.26 bits per heavy atom. The molecule has 8 nitrogen and oxygen atoms in total. The fraction of sp³-hybridized carbons (Fsp3) is 0.300. The second kappa shape index (κ2) is 8.19. The van der Waals surface area contributed by atoms with Crippen LogP contribution >= 0.6 is 11.6 Å². The SMILES string of the molecule is COc1cc(Cl)c(F)c(-c2nc(C(OC)C3CC3)nn2-c2ccccc2S(N)(=O)=O)c1. The molecule has 1 fully saturated rings. The maximum atomic E-state index is 15.1. The molecule has 2 aromatic carbocycles. The van der Waals surface area contributed by atoms with Gasteiger partial charge >= 0.3 is 0 Å². The summed E-state index contributed by atoms with van der Waals surface area (Å²) in [4.78, 5) is 4.35. The highest BCUT2D eigenvalue weighted by atomic mass is 35.5. The van der Waals surface area contributed by atoms with Crippen molar-refractivity contribution in [1.29, 1.82) is 0 Å². The second-order valence-corrected chi connectivity index (χ2v) is 9.12. The van der Waals surface area contributed by atoms with Crippen molar-refractivity contribution in [3.05, 3.63) is 53.1 Å². The van der Waals surface area contributed by atoms with E-state index in [1.165, 1.54) is 42.1 Å². The zero-order chi connectivity index (χ0) is 22.3. The van der Waals surface area contributed by atoms with Crippen LogP contribution in [0.25, 0.3) is 17.1 Å². The van der Waals surface area contributed by atoms with Crippen LogP contribution in [0.15, 0.2) is 41.3 Å². The maximum Gasteiger partial charge on any atom is 0.240 e. The van der Waals surface area contributed by atoms with E-state index < -0.39 is 21.9 Å². The predicted octanol–water partition coefficient (Wildman–Crippen LogP) is 3.48. The van der Waals surface area contributed by atoms with Gasteiger partial charge in [0.2, 0.25) is 10.0 Å². The van der Waals surface area contributed by atoms with Gasteiger partial charge in [-0.1, -0.05) is 23.7 Å². The van der Waals surface area contributed by atoms with Crippen molar-refractivity contribution in [3.8, 4) is 22.8 Å². The molecule has 11 heteroatoms. The van der Waals surface area contributed by atoms with E-state index in [-0.39, 0.29) is 32.9 Å². The van der Waals surface area contributed by atoms with Gasteiger partial charge < -0.3 is 9.47 Å². The molecule has 1 heterocycles. The molecule has 164 valence electrons. The van der Waals surface area contributed by atoms with Crippen molar-refractivity contribution in [2.75, 3.05) is 14.2 Å². The van der Waals surface area contributed by atoms with Gasteiger partial charge in [-0.25, -0.2) is 27.6 Å². The third-order valence-corrected chi connectivity index (χ3v) is 6.29. The molecule has 1 saturated carbocycles. The Kier molecular flexibility index (Phi) is 5.73. The Morgan fingerprint density at radius 3 is 2.58 bits per heavy atom. The lowest BCUT2D eigenvalue weighted by molar-refractivity contribution is 0.0773. The van der Waals surface area contributed by atoms with E-state index in [0.29, 0.717) is 11.6 Å². The zero-order valence-corrected chi connectivity index (χ0v) is 18.3. The fourth-order valence-corrected chi connectivity index (χ4v) is 4.34. The molecule has 0 radical (unpaired) electrons. The first kappa shape index (κ1) is 21.7. The number of primary sulfonamides is 1. The van der Waals surface area contributed by atoms with Crippen LogP contribution in [0.1, 0.15) is 24.8 Å². The number of ether oxygens (including phenoxy) is 2. The summed E-state index contributed by atoms with van der Waals surface area (Å²) in [7, 11) is -1.13. The molecule has 0 bridgehead atoms. The number of sulfonamides is 1. The molecule has 0 spiro atoms. The highest BCUT2D eigenvalue weighted by Crippen LogP contribution is 2.43. The zero-order valence-electron chi connectivity index (χ0n) is 16.7. The van der Waals surface area contributed by atoms with Crippen molar-refractivity contribution in [2.45, 2.75) is 23.8 Å². The fourth-order valence-electron chi connectivity index (χ4n) is 3.42. The quantitative estimate of drug-likeness (QED) is 0.571. The van der Waals surface area contributed by atoms with Crippen LogP contribution in [0.4, 0.5) is 4.39 Å². The first-order valence-corrected chi connectivity index (χ1v) is 11.3. The van der Waals surface area contributed by atoms with E-state index in [9.17, 15) is 8.42 Å². The largest absolute Gasteiger partial charge is 0.497 e. The van der Waals surface area contributed by atoms with E-state index in [2.05, 4.69) is 10.1 Å². The molecular formula is C20H20ClFN4O4S. The minimum absolute atomic E-state index is 0.00188. The summed E-state index contributed by atoms with van der Waals surface area (Å²) in [6.07, 6.45) is 1.50. The van der Waals surface area contributed by atoms with Gasteiger partial charge in [0.25, 0.3) is 0 Å². The van der Waals surface area contributed by atoms with Crippen LogP contribution in [-0.2, 0) is 14.8 Å². The number of benzene rings is 2. The first-order valence-electron chi connectivity index (χ1n) is 9.40. The Labute approximate surface area is 183 Å². The summed E-state index contributed by atoms with van der Waals surface area (Å²) in [5.41, 5.74) is 0.126. The van der Waals surface area contributed by atoms with Gasteiger partial charge in [0.15, 0.2) is 17.5 Å². The number of methoxy groups -OCH3 is 2. The molecule has 0 saturated heterocycles. The molecule has 0 aliphatic heterocycles. The van der Waals surface area contributed by atoms with Crippen molar-refractivity contribution in [1.82, 2.24) is 14.8 Å². The van der Waals surface area contributed by atoms with Crippen LogP contribution in [0.5, 0.6) is 5.75 Å². The Morgan fingerprint density at radius 2 is 1.97 bits per heavy atom. The average Bonchev–Trinajstić information content (AvgIpc) is 3.48. The second-order valence-electron chi connectivity index (χ2n) is 7.18. The molecule has 31 heavy (non-hydrogen) atoms. The molecule has 0 amide bonds. The van der Waals surface area contributed by atoms with E-state index in [0.717, 1.165) is 12.8 Å². The van der Waals surface area contributed by atoms with Gasteiger partial charge in [-0.15, -0.1) is 5.10 Å². The van der Waals surface area contributed by atoms with Crippen molar-refractivity contribution in [3.63, 3.8) is 0 Å². The van der Waals surface area contributed by atoms with Crippen molar-refractivity contribution >= 4 is 21.6 Å². The smallest absolute Gasteiger partial charge is 0.240 e. The number of nitrogens with zero attached hydrogens (tertiary/aromatic N) is 3. The molecule has 4 rings (SSSR count). The monoisotopic (exact) mass is 466 g/mol. The summed E-state index contributed by atoms with van der Waals surface area (Å²) >= 11 is 6.05. The lowest BCUT2D eigenvalue weighted by atomic mass is 10.1. The van der Waals surface area contributed by atoms with Crippen LogP contribution in [0.2, 0.25) is 5.02 Å². The van der Waals surface area contributed by atoms with Crippen LogP contribution < -0.4 is 9.88 Å². The Bertz CT molecular complexity index is 1240. The highest BCUT2D eigenvalue weighted by molar-refractivity contribution is 7.89. The van der Waals surface area contributed by atoms with Gasteiger partial charge in [0.05, 0.1) is 23.4 Å². The van der Waals surface area contributed by atoms with E-state index >= 15 is 4.39 Å². The summed E-state index contributed by atoms with van der Waals surface area (Å²) in [6.45, 7) is 0. The minimum atomic E-state index is -4.10. The third kappa shape index (κ3) is 4.16. The van der Waals surface area contributed by atoms with Crippen LogP contribution in [-0.4, -0.2) is 37.4 Å². The molecule has 1 atom stereocenters. The van der Waals surface area contributed by atoms with Crippen molar-refractivity contribution in [2.24, 2.45) is 11.1 Å². The molecule has 1 aliphatic carbocycles. The molecular weight excluding hydrogens is 447 g/mol. The summed E-state index contributed by atoms with van der Waals surface area (Å²) < 4.78 is 51.5. The Balaban J connectivity index is 2.01. The number of aromatic nitrogens is 3. The molecule has 3 aromatic rings. The number of para-hydroxylation sites is 1. The van der Waals surface area contributed by atoms with Gasteiger partial charge in [-0.2, -0.15) is 0 Å². The molecule has 1 aliphatic rings. The lowest BCUT2D eigenvalue weighted by Crippen LogP contribution is -2.16. The summed E-state index contributed by atoms with van der Waals surface area (Å²) in [5, 5.41) is 9.73. The topological polar surface area (TPSA) is 109 Å². The number of hydrogen-bond donors (Lipinski definition) is 1.